The number of thiocarbonyl (C=S) groups is 1. The molecule has 0 atom stereocenters. The van der Waals surface area contributed by atoms with Crippen molar-refractivity contribution in [1.29, 1.82) is 0 Å². The van der Waals surface area contributed by atoms with E-state index < -0.39 is 0 Å². The molecule has 4 rings (SSSR count). The molecule has 0 saturated carbocycles. The van der Waals surface area contributed by atoms with Gasteiger partial charge in [0.05, 0.1) is 10.6 Å². The summed E-state index contributed by atoms with van der Waals surface area (Å²) < 4.78 is 0. The molecule has 94 valence electrons. The number of rotatable bonds is 1. The molecule has 0 bridgehead atoms. The number of aliphatic imine (C=N–C) groups is 2. The highest BCUT2D eigenvalue weighted by Crippen LogP contribution is 2.26. The van der Waals surface area contributed by atoms with Crippen LogP contribution in [0.25, 0.3) is 0 Å². The molecule has 2 aromatic rings. The van der Waals surface area contributed by atoms with Crippen molar-refractivity contribution in [2.24, 2.45) is 9.98 Å². The summed E-state index contributed by atoms with van der Waals surface area (Å²) in [4.78, 5) is 18.2. The number of aromatic nitrogens is 2. The molecule has 5 heteroatoms. The van der Waals surface area contributed by atoms with E-state index in [-0.39, 0.29) is 0 Å². The fraction of sp³-hybridized carbons (Fsp3) is 0. The monoisotopic (exact) mass is 276 g/mol. The Balaban J connectivity index is 1.89. The predicted molar refractivity (Wildman–Crippen MR) is 81.3 cm³/mol. The number of hydrogen-bond donors (Lipinski definition) is 0. The molecular formula is C15H8N4S. The van der Waals surface area contributed by atoms with Crippen LogP contribution in [0.15, 0.2) is 64.6 Å². The van der Waals surface area contributed by atoms with Crippen LogP contribution in [0.5, 0.6) is 0 Å². The number of amidine groups is 1. The van der Waals surface area contributed by atoms with E-state index in [4.69, 9.17) is 12.2 Å². The predicted octanol–water partition coefficient (Wildman–Crippen LogP) is 2.34. The largest absolute Gasteiger partial charge is 0.244 e. The van der Waals surface area contributed by atoms with Gasteiger partial charge in [0.25, 0.3) is 0 Å². The summed E-state index contributed by atoms with van der Waals surface area (Å²) in [5.41, 5.74) is 4.14. The number of fused-ring (bicyclic) bond motifs is 3. The number of allylic oxidation sites excluding steroid dienone is 2. The molecule has 2 heterocycles. The van der Waals surface area contributed by atoms with Gasteiger partial charge in [0.15, 0.2) is 5.84 Å². The maximum atomic E-state index is 5.36. The summed E-state index contributed by atoms with van der Waals surface area (Å²) in [6, 6.07) is 9.88. The SMILES string of the molecule is S=C1C=C2N=C(c3ccccc3)N=C2c2ncncc21. The van der Waals surface area contributed by atoms with Crippen LogP contribution in [-0.4, -0.2) is 26.4 Å². The van der Waals surface area contributed by atoms with Crippen LogP contribution in [0.1, 0.15) is 16.8 Å². The average molecular weight is 276 g/mol. The highest BCUT2D eigenvalue weighted by Gasteiger charge is 2.27. The van der Waals surface area contributed by atoms with Gasteiger partial charge >= 0.3 is 0 Å². The third-order valence-electron chi connectivity index (χ3n) is 3.19. The van der Waals surface area contributed by atoms with E-state index in [1.54, 1.807) is 6.20 Å². The molecule has 0 spiro atoms. The lowest BCUT2D eigenvalue weighted by atomic mass is 10.00. The van der Waals surface area contributed by atoms with Crippen LogP contribution in [0.4, 0.5) is 0 Å². The second kappa shape index (κ2) is 4.25. The van der Waals surface area contributed by atoms with E-state index in [0.29, 0.717) is 10.7 Å². The highest BCUT2D eigenvalue weighted by atomic mass is 32.1. The fourth-order valence-corrected chi connectivity index (χ4v) is 2.51. The van der Waals surface area contributed by atoms with Crippen molar-refractivity contribution < 1.29 is 0 Å². The molecule has 0 amide bonds. The summed E-state index contributed by atoms with van der Waals surface area (Å²) in [5, 5.41) is 0. The van der Waals surface area contributed by atoms with E-state index in [2.05, 4.69) is 20.0 Å². The van der Waals surface area contributed by atoms with Crippen molar-refractivity contribution in [2.75, 3.05) is 0 Å². The third kappa shape index (κ3) is 1.64. The summed E-state index contributed by atoms with van der Waals surface area (Å²) in [7, 11) is 0. The van der Waals surface area contributed by atoms with E-state index in [9.17, 15) is 0 Å². The number of hydrogen-bond acceptors (Lipinski definition) is 5. The minimum atomic E-state index is 0.695. The van der Waals surface area contributed by atoms with Crippen molar-refractivity contribution in [1.82, 2.24) is 9.97 Å². The number of benzene rings is 1. The fourth-order valence-electron chi connectivity index (χ4n) is 2.25. The molecule has 4 nitrogen and oxygen atoms in total. The minimum absolute atomic E-state index is 0.695. The van der Waals surface area contributed by atoms with Crippen LogP contribution in [0.2, 0.25) is 0 Å². The minimum Gasteiger partial charge on any atom is -0.244 e. The quantitative estimate of drug-likeness (QED) is 0.751. The standard InChI is InChI=1S/C15H8N4S/c20-12-6-11-14(13-10(12)7-16-8-17-13)19-15(18-11)9-4-2-1-3-5-9/h1-8H. The van der Waals surface area contributed by atoms with Gasteiger partial charge < -0.3 is 0 Å². The Morgan fingerprint density at radius 2 is 1.85 bits per heavy atom. The van der Waals surface area contributed by atoms with Crippen molar-refractivity contribution in [3.8, 4) is 0 Å². The second-order valence-corrected chi connectivity index (χ2v) is 4.88. The first kappa shape index (κ1) is 11.3. The summed E-state index contributed by atoms with van der Waals surface area (Å²) in [5.74, 6) is 0.695. The zero-order chi connectivity index (χ0) is 13.5. The Morgan fingerprint density at radius 1 is 1.00 bits per heavy atom. The smallest absolute Gasteiger partial charge is 0.160 e. The van der Waals surface area contributed by atoms with Gasteiger partial charge in [0.1, 0.15) is 17.7 Å². The van der Waals surface area contributed by atoms with Crippen LogP contribution >= 0.6 is 12.2 Å². The van der Waals surface area contributed by atoms with E-state index in [1.165, 1.54) is 6.33 Å². The molecule has 0 N–H and O–H groups in total. The lowest BCUT2D eigenvalue weighted by Gasteiger charge is -2.12. The van der Waals surface area contributed by atoms with Gasteiger partial charge in [-0.2, -0.15) is 0 Å². The Kier molecular flexibility index (Phi) is 2.40. The van der Waals surface area contributed by atoms with Crippen LogP contribution < -0.4 is 0 Å². The van der Waals surface area contributed by atoms with Crippen LogP contribution in [-0.2, 0) is 0 Å². The first-order valence-corrected chi connectivity index (χ1v) is 6.53. The van der Waals surface area contributed by atoms with E-state index in [1.807, 2.05) is 36.4 Å². The summed E-state index contributed by atoms with van der Waals surface area (Å²) >= 11 is 5.36. The first-order valence-electron chi connectivity index (χ1n) is 6.12. The Bertz CT molecular complexity index is 819. The molecule has 0 unspecified atom stereocenters. The number of nitrogens with zero attached hydrogens (tertiary/aromatic N) is 4. The molecule has 1 aliphatic heterocycles. The second-order valence-electron chi connectivity index (χ2n) is 4.44. The van der Waals surface area contributed by atoms with Gasteiger partial charge in [-0.25, -0.2) is 20.0 Å². The maximum Gasteiger partial charge on any atom is 0.160 e. The lowest BCUT2D eigenvalue weighted by molar-refractivity contribution is 1.14. The van der Waals surface area contributed by atoms with Gasteiger partial charge in [-0.05, 0) is 6.08 Å². The highest BCUT2D eigenvalue weighted by molar-refractivity contribution is 7.81. The Morgan fingerprint density at radius 3 is 2.70 bits per heavy atom. The Hall–Kier alpha value is -2.53. The average Bonchev–Trinajstić information content (AvgIpc) is 2.93. The molecular weight excluding hydrogens is 268 g/mol. The summed E-state index contributed by atoms with van der Waals surface area (Å²) in [6.07, 6.45) is 5.09. The molecule has 0 fully saturated rings. The van der Waals surface area contributed by atoms with Gasteiger partial charge in [-0.1, -0.05) is 42.5 Å². The van der Waals surface area contributed by atoms with E-state index in [0.717, 1.165) is 28.2 Å². The molecule has 1 aromatic carbocycles. The van der Waals surface area contributed by atoms with Gasteiger partial charge in [-0.15, -0.1) is 0 Å². The molecule has 0 saturated heterocycles. The molecule has 1 aromatic heterocycles. The molecule has 0 radical (unpaired) electrons. The van der Waals surface area contributed by atoms with Crippen molar-refractivity contribution in [3.63, 3.8) is 0 Å². The van der Waals surface area contributed by atoms with Crippen LogP contribution in [0, 0.1) is 0 Å². The maximum absolute atomic E-state index is 5.36. The first-order chi connectivity index (χ1) is 9.83. The Labute approximate surface area is 120 Å². The van der Waals surface area contributed by atoms with Crippen molar-refractivity contribution in [3.05, 3.63) is 71.4 Å². The van der Waals surface area contributed by atoms with Gasteiger partial charge in [-0.3, -0.25) is 0 Å². The summed E-state index contributed by atoms with van der Waals surface area (Å²) in [6.45, 7) is 0. The molecule has 1 aliphatic carbocycles. The topological polar surface area (TPSA) is 50.5 Å². The zero-order valence-corrected chi connectivity index (χ0v) is 11.1. The van der Waals surface area contributed by atoms with E-state index >= 15 is 0 Å². The normalized spacial score (nSPS) is 16.0. The molecule has 2 aliphatic rings. The zero-order valence-electron chi connectivity index (χ0n) is 10.3. The van der Waals surface area contributed by atoms with Gasteiger partial charge in [0.2, 0.25) is 0 Å². The van der Waals surface area contributed by atoms with Crippen LogP contribution in [0.3, 0.4) is 0 Å². The van der Waals surface area contributed by atoms with Crippen molar-refractivity contribution >= 4 is 28.6 Å². The van der Waals surface area contributed by atoms with Gasteiger partial charge in [0, 0.05) is 17.3 Å². The lowest BCUT2D eigenvalue weighted by Crippen LogP contribution is -2.16. The van der Waals surface area contributed by atoms with Crippen molar-refractivity contribution in [2.45, 2.75) is 0 Å². The third-order valence-corrected chi connectivity index (χ3v) is 3.53. The molecule has 20 heavy (non-hydrogen) atoms.